The first-order chi connectivity index (χ1) is 15.1. The highest BCUT2D eigenvalue weighted by atomic mass is 35.5. The van der Waals surface area contributed by atoms with Gasteiger partial charge in [-0.05, 0) is 54.8 Å². The van der Waals surface area contributed by atoms with E-state index in [1.165, 1.54) is 0 Å². The number of hydrogen-bond acceptors (Lipinski definition) is 3. The van der Waals surface area contributed by atoms with Gasteiger partial charge in [0.2, 0.25) is 5.91 Å². The maximum atomic E-state index is 12.7. The number of carbonyl (C=O) groups is 1. The monoisotopic (exact) mass is 435 g/mol. The van der Waals surface area contributed by atoms with Crippen LogP contribution in [0.4, 0.5) is 0 Å². The molecule has 5 rings (SSSR count). The van der Waals surface area contributed by atoms with Gasteiger partial charge in [-0.3, -0.25) is 9.36 Å². The first-order valence-electron chi connectivity index (χ1n) is 10.4. The topological polar surface area (TPSA) is 67.3 Å². The number of nitrogens with zero attached hydrogens (tertiary/aromatic N) is 2. The minimum Gasteiger partial charge on any atom is -0.488 e. The molecule has 0 unspecified atom stereocenters. The third-order valence-electron chi connectivity index (χ3n) is 5.91. The van der Waals surface area contributed by atoms with Crippen molar-refractivity contribution in [1.29, 1.82) is 0 Å². The number of carbonyl (C=O) groups excluding carboxylic acids is 1. The number of piperidine rings is 1. The molecule has 158 valence electrons. The number of benzene rings is 2. The zero-order chi connectivity index (χ0) is 21.4. The Balaban J connectivity index is 1.24. The number of likely N-dealkylation sites (tertiary alicyclic amines) is 1. The first-order valence-corrected chi connectivity index (χ1v) is 10.8. The second kappa shape index (κ2) is 8.12. The van der Waals surface area contributed by atoms with E-state index in [1.807, 2.05) is 58.0 Å². The smallest absolute Gasteiger partial charge is 0.326 e. The molecule has 2 aromatic carbocycles. The van der Waals surface area contributed by atoms with E-state index in [4.69, 9.17) is 16.3 Å². The quantitative estimate of drug-likeness (QED) is 0.627. The summed E-state index contributed by atoms with van der Waals surface area (Å²) in [6.45, 7) is 1.66. The normalized spacial score (nSPS) is 16.9. The third kappa shape index (κ3) is 3.91. The summed E-state index contributed by atoms with van der Waals surface area (Å²) in [5.74, 6) is 0.769. The number of amides is 1. The van der Waals surface area contributed by atoms with E-state index in [0.717, 1.165) is 40.8 Å². The van der Waals surface area contributed by atoms with Crippen LogP contribution in [0.3, 0.4) is 0 Å². The van der Waals surface area contributed by atoms with Crippen molar-refractivity contribution in [2.75, 3.05) is 19.7 Å². The maximum Gasteiger partial charge on any atom is 0.326 e. The van der Waals surface area contributed by atoms with Crippen molar-refractivity contribution in [2.24, 2.45) is 0 Å². The summed E-state index contributed by atoms with van der Waals surface area (Å²) in [6, 6.07) is 13.3. The number of hydrogen-bond donors (Lipinski definition) is 1. The van der Waals surface area contributed by atoms with Gasteiger partial charge in [0.05, 0.1) is 11.0 Å². The number of nitrogens with one attached hydrogen (secondary N) is 1. The molecule has 0 radical (unpaired) electrons. The van der Waals surface area contributed by atoms with Crippen LogP contribution >= 0.6 is 11.6 Å². The molecule has 2 aliphatic rings. The van der Waals surface area contributed by atoms with E-state index >= 15 is 0 Å². The van der Waals surface area contributed by atoms with Gasteiger partial charge in [0.15, 0.2) is 0 Å². The van der Waals surface area contributed by atoms with Gasteiger partial charge in [-0.15, -0.1) is 0 Å². The van der Waals surface area contributed by atoms with Crippen LogP contribution in [0.25, 0.3) is 17.1 Å². The molecular weight excluding hydrogens is 414 g/mol. The van der Waals surface area contributed by atoms with Gasteiger partial charge in [-0.2, -0.15) is 0 Å². The number of rotatable bonds is 3. The van der Waals surface area contributed by atoms with Gasteiger partial charge in [-0.1, -0.05) is 29.8 Å². The number of para-hydroxylation sites is 2. The number of ether oxygens (including phenoxy) is 1. The largest absolute Gasteiger partial charge is 0.488 e. The van der Waals surface area contributed by atoms with Crippen molar-refractivity contribution in [2.45, 2.75) is 18.9 Å². The molecule has 2 aliphatic heterocycles. The van der Waals surface area contributed by atoms with Crippen molar-refractivity contribution >= 4 is 34.6 Å². The lowest BCUT2D eigenvalue weighted by molar-refractivity contribution is -0.127. The highest BCUT2D eigenvalue weighted by Gasteiger charge is 2.25. The molecule has 0 saturated carbocycles. The fraction of sp³-hybridized carbons (Fsp3) is 0.250. The molecule has 0 aliphatic carbocycles. The number of H-pyrrole nitrogens is 1. The Morgan fingerprint density at radius 1 is 1.16 bits per heavy atom. The molecule has 0 atom stereocenters. The van der Waals surface area contributed by atoms with Crippen LogP contribution in [0.1, 0.15) is 24.4 Å². The maximum absolute atomic E-state index is 12.7. The minimum atomic E-state index is -0.0875. The lowest BCUT2D eigenvalue weighted by Crippen LogP contribution is -2.39. The Morgan fingerprint density at radius 2 is 1.97 bits per heavy atom. The van der Waals surface area contributed by atoms with Gasteiger partial charge in [0, 0.05) is 35.8 Å². The number of halogens is 1. The number of aromatic nitrogens is 2. The molecule has 31 heavy (non-hydrogen) atoms. The molecule has 1 aromatic heterocycles. The second-order valence-corrected chi connectivity index (χ2v) is 8.33. The van der Waals surface area contributed by atoms with Crippen molar-refractivity contribution in [1.82, 2.24) is 14.5 Å². The lowest BCUT2D eigenvalue weighted by Gasteiger charge is -2.32. The molecule has 3 aromatic rings. The van der Waals surface area contributed by atoms with Crippen LogP contribution in [0, 0.1) is 0 Å². The molecule has 3 heterocycles. The van der Waals surface area contributed by atoms with Crippen LogP contribution in [-0.4, -0.2) is 40.1 Å². The predicted molar refractivity (Wildman–Crippen MR) is 121 cm³/mol. The average Bonchev–Trinajstić information content (AvgIpc) is 3.13. The van der Waals surface area contributed by atoms with Crippen molar-refractivity contribution < 1.29 is 9.53 Å². The molecule has 0 spiro atoms. The SMILES string of the molecule is O=C(C=CC1=Cc2cc(Cl)ccc2OC1)N1CCC(n2c(=O)[nH]c3ccccc32)CC1. The summed E-state index contributed by atoms with van der Waals surface area (Å²) in [7, 11) is 0. The summed E-state index contributed by atoms with van der Waals surface area (Å²) in [6.07, 6.45) is 6.90. The van der Waals surface area contributed by atoms with Crippen molar-refractivity contribution in [3.05, 3.63) is 81.3 Å². The molecule has 1 fully saturated rings. The fourth-order valence-corrected chi connectivity index (χ4v) is 4.51. The van der Waals surface area contributed by atoms with Crippen LogP contribution in [0.2, 0.25) is 5.02 Å². The summed E-state index contributed by atoms with van der Waals surface area (Å²) in [4.78, 5) is 29.9. The molecule has 6 nitrogen and oxygen atoms in total. The summed E-state index contributed by atoms with van der Waals surface area (Å²) < 4.78 is 7.57. The number of imidazole rings is 1. The molecular formula is C24H22ClN3O3. The number of fused-ring (bicyclic) bond motifs is 2. The Hall–Kier alpha value is -3.25. The fourth-order valence-electron chi connectivity index (χ4n) is 4.33. The number of aromatic amines is 1. The van der Waals surface area contributed by atoms with E-state index in [2.05, 4.69) is 4.98 Å². The van der Waals surface area contributed by atoms with Crippen molar-refractivity contribution in [3.8, 4) is 5.75 Å². The third-order valence-corrected chi connectivity index (χ3v) is 6.15. The zero-order valence-corrected chi connectivity index (χ0v) is 17.6. The summed E-state index contributed by atoms with van der Waals surface area (Å²) >= 11 is 6.06. The van der Waals surface area contributed by atoms with Crippen LogP contribution in [-0.2, 0) is 4.79 Å². The minimum absolute atomic E-state index is 0.0254. The highest BCUT2D eigenvalue weighted by molar-refractivity contribution is 6.30. The zero-order valence-electron chi connectivity index (χ0n) is 16.9. The summed E-state index contributed by atoms with van der Waals surface area (Å²) in [5.41, 5.74) is 3.51. The van der Waals surface area contributed by atoms with E-state index < -0.39 is 0 Å². The first kappa shape index (κ1) is 19.7. The standard InChI is InChI=1S/C24H22ClN3O3/c25-18-6-7-22-17(14-18)13-16(15-31-22)5-8-23(29)27-11-9-19(10-12-27)28-21-4-2-1-3-20(21)26-24(28)30/h1-8,13-14,19H,9-12,15H2,(H,26,30). The van der Waals surface area contributed by atoms with E-state index in [0.29, 0.717) is 24.7 Å². The molecule has 1 saturated heterocycles. The molecule has 7 heteroatoms. The van der Waals surface area contributed by atoms with Crippen LogP contribution in [0.5, 0.6) is 5.75 Å². The average molecular weight is 436 g/mol. The van der Waals surface area contributed by atoms with Gasteiger partial charge in [0.1, 0.15) is 12.4 Å². The van der Waals surface area contributed by atoms with Gasteiger partial charge < -0.3 is 14.6 Å². The van der Waals surface area contributed by atoms with Gasteiger partial charge in [0.25, 0.3) is 0 Å². The van der Waals surface area contributed by atoms with Crippen molar-refractivity contribution in [3.63, 3.8) is 0 Å². The Bertz CT molecular complexity index is 1260. The lowest BCUT2D eigenvalue weighted by atomic mass is 10.0. The molecule has 1 amide bonds. The van der Waals surface area contributed by atoms with Gasteiger partial charge >= 0.3 is 5.69 Å². The molecule has 0 bridgehead atoms. The highest BCUT2D eigenvalue weighted by Crippen LogP contribution is 2.29. The molecule has 1 N–H and O–H groups in total. The van der Waals surface area contributed by atoms with E-state index in [-0.39, 0.29) is 17.6 Å². The second-order valence-electron chi connectivity index (χ2n) is 7.90. The predicted octanol–water partition coefficient (Wildman–Crippen LogP) is 4.18. The Kier molecular flexibility index (Phi) is 5.16. The Labute approximate surface area is 184 Å². The summed E-state index contributed by atoms with van der Waals surface area (Å²) in [5, 5.41) is 0.650. The van der Waals surface area contributed by atoms with Gasteiger partial charge in [-0.25, -0.2) is 4.79 Å². The Morgan fingerprint density at radius 3 is 2.81 bits per heavy atom. The van der Waals surface area contributed by atoms with E-state index in [9.17, 15) is 9.59 Å². The van der Waals surface area contributed by atoms with E-state index in [1.54, 1.807) is 12.1 Å². The van der Waals surface area contributed by atoms with Crippen LogP contribution in [0.15, 0.2) is 65.0 Å². The van der Waals surface area contributed by atoms with Crippen LogP contribution < -0.4 is 10.4 Å².